The van der Waals surface area contributed by atoms with Crippen molar-refractivity contribution in [1.29, 1.82) is 0 Å². The van der Waals surface area contributed by atoms with Gasteiger partial charge in [0.15, 0.2) is 16.8 Å². The van der Waals surface area contributed by atoms with Crippen LogP contribution in [0.3, 0.4) is 0 Å². The topological polar surface area (TPSA) is 74.0 Å². The molecule has 3 heterocycles. The first kappa shape index (κ1) is 23.9. The van der Waals surface area contributed by atoms with Gasteiger partial charge in [-0.1, -0.05) is 23.7 Å². The van der Waals surface area contributed by atoms with Crippen LogP contribution >= 0.6 is 11.6 Å². The highest BCUT2D eigenvalue weighted by Crippen LogP contribution is 2.43. The first-order valence-corrected chi connectivity index (χ1v) is 11.8. The van der Waals surface area contributed by atoms with E-state index in [-0.39, 0.29) is 18.4 Å². The highest BCUT2D eigenvalue weighted by atomic mass is 35.5. The predicted octanol–water partition coefficient (Wildman–Crippen LogP) is 4.69. The number of aliphatic hydroxyl groups is 1. The Morgan fingerprint density at radius 2 is 1.97 bits per heavy atom. The Balaban J connectivity index is 1.42. The van der Waals surface area contributed by atoms with E-state index >= 15 is 0 Å². The number of amides is 1. The van der Waals surface area contributed by atoms with Crippen LogP contribution in [0.4, 0.5) is 24.5 Å². The van der Waals surface area contributed by atoms with Crippen molar-refractivity contribution in [3.8, 4) is 0 Å². The lowest BCUT2D eigenvalue weighted by Crippen LogP contribution is -2.51. The van der Waals surface area contributed by atoms with Crippen LogP contribution in [0, 0.1) is 5.92 Å². The molecule has 3 aromatic rings. The average Bonchev–Trinajstić information content (AvgIpc) is 3.17. The second-order valence-corrected chi connectivity index (χ2v) is 10.1. The molecule has 11 heteroatoms. The normalized spacial score (nSPS) is 23.1. The predicted molar refractivity (Wildman–Crippen MR) is 125 cm³/mol. The van der Waals surface area contributed by atoms with E-state index in [2.05, 4.69) is 10.1 Å². The number of rotatable bonds is 4. The number of fused-ring (bicyclic) bond motifs is 3. The first-order valence-electron chi connectivity index (χ1n) is 11.4. The molecule has 7 nitrogen and oxygen atoms in total. The van der Waals surface area contributed by atoms with Crippen LogP contribution in [0.1, 0.15) is 43.5 Å². The fourth-order valence-electron chi connectivity index (χ4n) is 5.26. The number of benzene rings is 1. The summed E-state index contributed by atoms with van der Waals surface area (Å²) in [7, 11) is 1.18. The lowest BCUT2D eigenvalue weighted by Gasteiger charge is -2.43. The Kier molecular flexibility index (Phi) is 5.71. The SMILES string of the molecule is CN(C(=O)C1CC(C)(O)C1)[C@@H](c1ccc(N2CCCc3c2cnc2cc(Cl)nn32)cc1)C(F)(F)F. The van der Waals surface area contributed by atoms with Gasteiger partial charge in [-0.25, -0.2) is 9.50 Å². The minimum absolute atomic E-state index is 0.0205. The molecule has 0 bridgehead atoms. The third kappa shape index (κ3) is 4.33. The molecule has 35 heavy (non-hydrogen) atoms. The lowest BCUT2D eigenvalue weighted by atomic mass is 9.71. The lowest BCUT2D eigenvalue weighted by molar-refractivity contribution is -0.194. The molecule has 1 aliphatic heterocycles. The number of alkyl halides is 3. The van der Waals surface area contributed by atoms with Gasteiger partial charge in [0.1, 0.15) is 0 Å². The number of hydrogen-bond donors (Lipinski definition) is 1. The monoisotopic (exact) mass is 507 g/mol. The summed E-state index contributed by atoms with van der Waals surface area (Å²) in [6.45, 7) is 2.26. The average molecular weight is 508 g/mol. The minimum Gasteiger partial charge on any atom is -0.390 e. The van der Waals surface area contributed by atoms with E-state index in [0.29, 0.717) is 17.3 Å². The molecule has 1 atom stereocenters. The Morgan fingerprint density at radius 1 is 1.29 bits per heavy atom. The zero-order valence-electron chi connectivity index (χ0n) is 19.3. The van der Waals surface area contributed by atoms with Crippen LogP contribution in [-0.4, -0.2) is 55.9 Å². The van der Waals surface area contributed by atoms with Crippen molar-refractivity contribution in [3.63, 3.8) is 0 Å². The zero-order valence-corrected chi connectivity index (χ0v) is 20.0. The van der Waals surface area contributed by atoms with E-state index in [1.165, 1.54) is 19.2 Å². The molecule has 186 valence electrons. The molecule has 1 saturated carbocycles. The zero-order chi connectivity index (χ0) is 25.1. The Hall–Kier alpha value is -2.85. The minimum atomic E-state index is -4.65. The Labute approximate surface area is 205 Å². The number of hydrogen-bond acceptors (Lipinski definition) is 5. The maximum absolute atomic E-state index is 14.1. The van der Waals surface area contributed by atoms with Crippen molar-refractivity contribution in [2.24, 2.45) is 5.92 Å². The van der Waals surface area contributed by atoms with Crippen LogP contribution in [0.15, 0.2) is 36.5 Å². The van der Waals surface area contributed by atoms with Gasteiger partial charge in [-0.3, -0.25) is 4.79 Å². The number of halogens is 4. The first-order chi connectivity index (χ1) is 16.4. The number of aromatic nitrogens is 3. The van der Waals surface area contributed by atoms with Crippen LogP contribution in [0.5, 0.6) is 0 Å². The standard InChI is InChI=1S/C24H25ClF3N5O2/c1-23(35)11-15(12-23)22(34)31(2)21(24(26,27)28)14-5-7-16(8-6-14)32-9-3-4-17-18(32)13-29-20-10-19(25)30-33(17)20/h5-8,10,13,15,21,35H,3-4,9,11-12H2,1-2H3/t15?,21-,23?/m0/s1. The van der Waals surface area contributed by atoms with Crippen LogP contribution in [0.25, 0.3) is 5.65 Å². The van der Waals surface area contributed by atoms with Crippen LogP contribution < -0.4 is 4.90 Å². The number of carbonyl (C=O) groups is 1. The van der Waals surface area contributed by atoms with E-state index in [1.54, 1.807) is 35.8 Å². The van der Waals surface area contributed by atoms with Gasteiger partial charge < -0.3 is 14.9 Å². The molecule has 1 aromatic carbocycles. The third-order valence-electron chi connectivity index (χ3n) is 6.90. The van der Waals surface area contributed by atoms with Gasteiger partial charge in [-0.15, -0.1) is 0 Å². The van der Waals surface area contributed by atoms with Gasteiger partial charge in [-0.05, 0) is 50.3 Å². The molecular formula is C24H25ClF3N5O2. The van der Waals surface area contributed by atoms with E-state index in [1.807, 2.05) is 4.90 Å². The van der Waals surface area contributed by atoms with Gasteiger partial charge in [0.2, 0.25) is 5.91 Å². The number of nitrogens with zero attached hydrogens (tertiary/aromatic N) is 5. The van der Waals surface area contributed by atoms with Crippen molar-refractivity contribution < 1.29 is 23.1 Å². The van der Waals surface area contributed by atoms with Crippen molar-refractivity contribution in [2.45, 2.75) is 50.4 Å². The fraction of sp³-hybridized carbons (Fsp3) is 0.458. The molecule has 1 aliphatic carbocycles. The molecule has 0 saturated heterocycles. The third-order valence-corrected chi connectivity index (χ3v) is 7.09. The molecular weight excluding hydrogens is 483 g/mol. The number of carbonyl (C=O) groups excluding carboxylic acids is 1. The van der Waals surface area contributed by atoms with E-state index < -0.39 is 29.6 Å². The molecule has 0 spiro atoms. The van der Waals surface area contributed by atoms with E-state index in [9.17, 15) is 23.1 Å². The summed E-state index contributed by atoms with van der Waals surface area (Å²) in [5.41, 5.74) is 2.11. The van der Waals surface area contributed by atoms with Gasteiger partial charge in [0.25, 0.3) is 0 Å². The molecule has 0 unspecified atom stereocenters. The smallest absolute Gasteiger partial charge is 0.390 e. The maximum atomic E-state index is 14.1. The van der Waals surface area contributed by atoms with Gasteiger partial charge >= 0.3 is 6.18 Å². The largest absolute Gasteiger partial charge is 0.413 e. The maximum Gasteiger partial charge on any atom is 0.413 e. The molecule has 2 aromatic heterocycles. The van der Waals surface area contributed by atoms with E-state index in [0.717, 1.165) is 34.8 Å². The van der Waals surface area contributed by atoms with E-state index in [4.69, 9.17) is 11.6 Å². The fourth-order valence-corrected chi connectivity index (χ4v) is 5.43. The van der Waals surface area contributed by atoms with Crippen LogP contribution in [0.2, 0.25) is 5.15 Å². The van der Waals surface area contributed by atoms with Crippen LogP contribution in [-0.2, 0) is 11.2 Å². The summed E-state index contributed by atoms with van der Waals surface area (Å²) < 4.78 is 43.9. The second kappa shape index (κ2) is 8.37. The summed E-state index contributed by atoms with van der Waals surface area (Å²) in [4.78, 5) is 19.9. The van der Waals surface area contributed by atoms with Crippen molar-refractivity contribution in [2.75, 3.05) is 18.5 Å². The number of aryl methyl sites for hydroxylation is 1. The summed E-state index contributed by atoms with van der Waals surface area (Å²) in [5, 5.41) is 14.5. The molecule has 0 radical (unpaired) electrons. The summed E-state index contributed by atoms with van der Waals surface area (Å²) >= 11 is 6.04. The highest BCUT2D eigenvalue weighted by molar-refractivity contribution is 6.29. The van der Waals surface area contributed by atoms with Crippen molar-refractivity contribution in [1.82, 2.24) is 19.5 Å². The number of anilines is 2. The molecule has 5 rings (SSSR count). The van der Waals surface area contributed by atoms with Crippen molar-refractivity contribution in [3.05, 3.63) is 52.9 Å². The van der Waals surface area contributed by atoms with Crippen molar-refractivity contribution >= 4 is 34.5 Å². The van der Waals surface area contributed by atoms with Gasteiger partial charge in [-0.2, -0.15) is 18.3 Å². The summed E-state index contributed by atoms with van der Waals surface area (Å²) in [6, 6.07) is 5.70. The summed E-state index contributed by atoms with van der Waals surface area (Å²) in [6.07, 6.45) is -0.982. The Morgan fingerprint density at radius 3 is 2.60 bits per heavy atom. The highest BCUT2D eigenvalue weighted by Gasteiger charge is 2.49. The molecule has 1 N–H and O–H groups in total. The molecule has 1 fully saturated rings. The quantitative estimate of drug-likeness (QED) is 0.554. The van der Waals surface area contributed by atoms with Gasteiger partial charge in [0.05, 0.1) is 23.2 Å². The molecule has 1 amide bonds. The molecule has 2 aliphatic rings. The second-order valence-electron chi connectivity index (χ2n) is 9.67. The summed E-state index contributed by atoms with van der Waals surface area (Å²) in [5.74, 6) is -1.22. The van der Waals surface area contributed by atoms with Gasteiger partial charge in [0, 0.05) is 31.3 Å². The Bertz CT molecular complexity index is 1270.